The molecule has 0 unspecified atom stereocenters. The zero-order valence-corrected chi connectivity index (χ0v) is 20.2. The van der Waals surface area contributed by atoms with Crippen molar-refractivity contribution in [2.75, 3.05) is 28.2 Å². The van der Waals surface area contributed by atoms with Crippen LogP contribution in [0.25, 0.3) is 0 Å². The van der Waals surface area contributed by atoms with Gasteiger partial charge in [0.15, 0.2) is 0 Å². The number of urea groups is 1. The number of rotatable bonds is 10. The highest BCUT2D eigenvalue weighted by Crippen LogP contribution is 2.23. The molecule has 0 aliphatic rings. The molecule has 1 N–H and O–H groups in total. The van der Waals surface area contributed by atoms with Crippen LogP contribution in [-0.2, 0) is 11.2 Å². The average Bonchev–Trinajstić information content (AvgIpc) is 2.93. The van der Waals surface area contributed by atoms with Crippen molar-refractivity contribution in [1.29, 1.82) is 0 Å². The zero-order chi connectivity index (χ0) is 25.2. The van der Waals surface area contributed by atoms with Crippen molar-refractivity contribution in [3.63, 3.8) is 0 Å². The number of para-hydroxylation sites is 2. The van der Waals surface area contributed by atoms with E-state index in [1.807, 2.05) is 97.1 Å². The summed E-state index contributed by atoms with van der Waals surface area (Å²) in [6.45, 7) is 2.76. The number of hydrogen-bond donors (Lipinski definition) is 1. The Balaban J connectivity index is 1.44. The number of nitrogens with zero attached hydrogens (tertiary/aromatic N) is 2. The highest BCUT2D eigenvalue weighted by Gasteiger charge is 2.18. The van der Waals surface area contributed by atoms with Crippen molar-refractivity contribution in [3.8, 4) is 11.5 Å². The van der Waals surface area contributed by atoms with Gasteiger partial charge in [-0.1, -0.05) is 55.5 Å². The van der Waals surface area contributed by atoms with Crippen LogP contribution in [0.15, 0.2) is 109 Å². The average molecular weight is 480 g/mol. The zero-order valence-electron chi connectivity index (χ0n) is 20.2. The number of benzene rings is 4. The maximum Gasteiger partial charge on any atom is 0.326 e. The molecular weight excluding hydrogens is 450 g/mol. The van der Waals surface area contributed by atoms with Gasteiger partial charge in [-0.05, 0) is 72.6 Å². The van der Waals surface area contributed by atoms with Crippen LogP contribution in [0.2, 0.25) is 0 Å². The Morgan fingerprint density at radius 1 is 0.750 bits per heavy atom. The molecule has 36 heavy (non-hydrogen) atoms. The van der Waals surface area contributed by atoms with E-state index in [2.05, 4.69) is 12.2 Å². The number of carbonyl (C=O) groups is 2. The molecule has 4 aromatic carbocycles. The maximum atomic E-state index is 13.3. The number of anilines is 3. The number of aryl methyl sites for hydroxylation is 1. The van der Waals surface area contributed by atoms with Gasteiger partial charge in [-0.3, -0.25) is 9.69 Å². The van der Waals surface area contributed by atoms with Crippen LogP contribution >= 0.6 is 0 Å². The number of ether oxygens (including phenoxy) is 1. The Bertz CT molecular complexity index is 1240. The van der Waals surface area contributed by atoms with Crippen LogP contribution in [0.4, 0.5) is 21.9 Å². The molecular formula is C30H29N3O3. The predicted molar refractivity (Wildman–Crippen MR) is 145 cm³/mol. The number of carbonyl (C=O) groups excluding carboxylic acids is 2. The van der Waals surface area contributed by atoms with Crippen LogP contribution in [-0.4, -0.2) is 25.5 Å². The molecule has 0 atom stereocenters. The molecule has 0 heterocycles. The summed E-state index contributed by atoms with van der Waals surface area (Å²) >= 11 is 0. The SMILES string of the molecule is CCc1ccc(N(C=O)CCN(C(=O)Nc2ccc(Oc3ccccc3)cc2)c2ccccc2)cc1. The van der Waals surface area contributed by atoms with E-state index in [0.29, 0.717) is 24.5 Å². The van der Waals surface area contributed by atoms with Gasteiger partial charge in [0, 0.05) is 30.2 Å². The summed E-state index contributed by atoms with van der Waals surface area (Å²) < 4.78 is 5.83. The Morgan fingerprint density at radius 3 is 1.97 bits per heavy atom. The summed E-state index contributed by atoms with van der Waals surface area (Å²) in [7, 11) is 0. The van der Waals surface area contributed by atoms with E-state index < -0.39 is 0 Å². The van der Waals surface area contributed by atoms with Gasteiger partial charge in [0.25, 0.3) is 0 Å². The number of amides is 3. The molecule has 0 aliphatic heterocycles. The van der Waals surface area contributed by atoms with Gasteiger partial charge < -0.3 is 15.0 Å². The second kappa shape index (κ2) is 12.2. The molecule has 0 bridgehead atoms. The van der Waals surface area contributed by atoms with Crippen LogP contribution in [0.5, 0.6) is 11.5 Å². The lowest BCUT2D eigenvalue weighted by Crippen LogP contribution is -2.41. The predicted octanol–water partition coefficient (Wildman–Crippen LogP) is 6.74. The van der Waals surface area contributed by atoms with Crippen LogP contribution in [0, 0.1) is 0 Å². The molecule has 0 aromatic heterocycles. The third-order valence-corrected chi connectivity index (χ3v) is 5.77. The van der Waals surface area contributed by atoms with E-state index in [1.165, 1.54) is 5.56 Å². The summed E-state index contributed by atoms with van der Waals surface area (Å²) in [6, 6.07) is 33.7. The van der Waals surface area contributed by atoms with Crippen molar-refractivity contribution >= 4 is 29.5 Å². The minimum absolute atomic E-state index is 0.287. The fraction of sp³-hybridized carbons (Fsp3) is 0.133. The van der Waals surface area contributed by atoms with E-state index in [0.717, 1.165) is 30.0 Å². The molecule has 4 rings (SSSR count). The largest absolute Gasteiger partial charge is 0.457 e. The van der Waals surface area contributed by atoms with Crippen molar-refractivity contribution in [3.05, 3.63) is 115 Å². The van der Waals surface area contributed by atoms with Crippen molar-refractivity contribution in [2.45, 2.75) is 13.3 Å². The molecule has 0 spiro atoms. The first kappa shape index (κ1) is 24.5. The summed E-state index contributed by atoms with van der Waals surface area (Å²) in [5, 5.41) is 2.95. The smallest absolute Gasteiger partial charge is 0.326 e. The monoisotopic (exact) mass is 479 g/mol. The molecule has 0 saturated carbocycles. The fourth-order valence-electron chi connectivity index (χ4n) is 3.75. The second-order valence-corrected chi connectivity index (χ2v) is 8.18. The maximum absolute atomic E-state index is 13.3. The Hall–Kier alpha value is -4.58. The highest BCUT2D eigenvalue weighted by molar-refractivity contribution is 6.01. The molecule has 3 amide bonds. The molecule has 0 aliphatic carbocycles. The summed E-state index contributed by atoms with van der Waals surface area (Å²) in [6.07, 6.45) is 1.73. The summed E-state index contributed by atoms with van der Waals surface area (Å²) in [4.78, 5) is 28.4. The normalized spacial score (nSPS) is 10.4. The standard InChI is InChI=1S/C30H29N3O3/c1-2-24-13-17-26(18-14-24)32(23-34)21-22-33(27-9-5-3-6-10-27)30(35)31-25-15-19-29(20-16-25)36-28-11-7-4-8-12-28/h3-20,23H,2,21-22H2,1H3,(H,31,35). The van der Waals surface area contributed by atoms with Crippen LogP contribution < -0.4 is 19.9 Å². The van der Waals surface area contributed by atoms with Crippen molar-refractivity contribution in [1.82, 2.24) is 0 Å². The van der Waals surface area contributed by atoms with Gasteiger partial charge in [0.2, 0.25) is 6.41 Å². The van der Waals surface area contributed by atoms with Gasteiger partial charge in [-0.15, -0.1) is 0 Å². The summed E-state index contributed by atoms with van der Waals surface area (Å²) in [5.74, 6) is 1.42. The summed E-state index contributed by atoms with van der Waals surface area (Å²) in [5.41, 5.74) is 3.38. The molecule has 0 fully saturated rings. The van der Waals surface area contributed by atoms with Crippen LogP contribution in [0.3, 0.4) is 0 Å². The van der Waals surface area contributed by atoms with Gasteiger partial charge in [0.05, 0.1) is 0 Å². The van der Waals surface area contributed by atoms with Gasteiger partial charge in [0.1, 0.15) is 11.5 Å². The van der Waals surface area contributed by atoms with Crippen molar-refractivity contribution in [2.24, 2.45) is 0 Å². The third kappa shape index (κ3) is 6.51. The molecule has 182 valence electrons. The first-order valence-electron chi connectivity index (χ1n) is 11.9. The van der Waals surface area contributed by atoms with Gasteiger partial charge in [-0.2, -0.15) is 0 Å². The van der Waals surface area contributed by atoms with E-state index in [4.69, 9.17) is 4.74 Å². The van der Waals surface area contributed by atoms with E-state index in [1.54, 1.807) is 21.9 Å². The Labute approximate surface area is 211 Å². The van der Waals surface area contributed by atoms with E-state index >= 15 is 0 Å². The Morgan fingerprint density at radius 2 is 1.36 bits per heavy atom. The third-order valence-electron chi connectivity index (χ3n) is 5.77. The quantitative estimate of drug-likeness (QED) is 0.256. The van der Waals surface area contributed by atoms with Gasteiger partial charge >= 0.3 is 6.03 Å². The Kier molecular flexibility index (Phi) is 8.33. The molecule has 0 radical (unpaired) electrons. The first-order chi connectivity index (χ1) is 17.7. The van der Waals surface area contributed by atoms with Crippen LogP contribution in [0.1, 0.15) is 12.5 Å². The fourth-order valence-corrected chi connectivity index (χ4v) is 3.75. The lowest BCUT2D eigenvalue weighted by atomic mass is 10.1. The first-order valence-corrected chi connectivity index (χ1v) is 11.9. The lowest BCUT2D eigenvalue weighted by molar-refractivity contribution is -0.107. The van der Waals surface area contributed by atoms with E-state index in [-0.39, 0.29) is 6.03 Å². The topological polar surface area (TPSA) is 61.9 Å². The highest BCUT2D eigenvalue weighted by atomic mass is 16.5. The minimum atomic E-state index is -0.287. The van der Waals surface area contributed by atoms with Crippen molar-refractivity contribution < 1.29 is 14.3 Å². The molecule has 4 aromatic rings. The molecule has 0 saturated heterocycles. The van der Waals surface area contributed by atoms with E-state index in [9.17, 15) is 9.59 Å². The second-order valence-electron chi connectivity index (χ2n) is 8.18. The lowest BCUT2D eigenvalue weighted by Gasteiger charge is -2.26. The number of hydrogen-bond acceptors (Lipinski definition) is 3. The molecule has 6 heteroatoms. The molecule has 6 nitrogen and oxygen atoms in total. The number of nitrogens with one attached hydrogen (secondary N) is 1. The van der Waals surface area contributed by atoms with Gasteiger partial charge in [-0.25, -0.2) is 4.79 Å². The minimum Gasteiger partial charge on any atom is -0.457 e.